The van der Waals surface area contributed by atoms with Crippen LogP contribution >= 0.6 is 11.3 Å². The van der Waals surface area contributed by atoms with Gasteiger partial charge in [-0.3, -0.25) is 0 Å². The molecule has 1 unspecified atom stereocenters. The van der Waals surface area contributed by atoms with Crippen molar-refractivity contribution in [2.75, 3.05) is 23.7 Å². The third-order valence-electron chi connectivity index (χ3n) is 7.23. The summed E-state index contributed by atoms with van der Waals surface area (Å²) in [6.45, 7) is 4.55. The molecule has 5 rings (SSSR count). The third-order valence-corrected chi connectivity index (χ3v) is 10.2. The zero-order chi connectivity index (χ0) is 26.2. The van der Waals surface area contributed by atoms with E-state index in [2.05, 4.69) is 26.7 Å². The summed E-state index contributed by atoms with van der Waals surface area (Å²) in [6.07, 6.45) is 6.25. The Kier molecular flexibility index (Phi) is 7.37. The van der Waals surface area contributed by atoms with Gasteiger partial charge < -0.3 is 20.7 Å². The second kappa shape index (κ2) is 10.5. The molecule has 0 bridgehead atoms. The summed E-state index contributed by atoms with van der Waals surface area (Å²) < 4.78 is 30.1. The Balaban J connectivity index is 1.37. The van der Waals surface area contributed by atoms with E-state index in [1.165, 1.54) is 15.6 Å². The minimum atomic E-state index is -3.62. The second-order valence-electron chi connectivity index (χ2n) is 9.63. The van der Waals surface area contributed by atoms with Crippen molar-refractivity contribution in [1.29, 1.82) is 5.26 Å². The average Bonchev–Trinajstić information content (AvgIpc) is 3.52. The van der Waals surface area contributed by atoms with Gasteiger partial charge in [-0.05, 0) is 31.7 Å². The van der Waals surface area contributed by atoms with E-state index in [-0.39, 0.29) is 43.7 Å². The summed E-state index contributed by atoms with van der Waals surface area (Å²) in [5.74, 6) is 1.13. The summed E-state index contributed by atoms with van der Waals surface area (Å²) in [6, 6.07) is 5.82. The standard InChI is InChI=1S/C24H32N8O3S2/c1-3-17-7-16(8-18(4-2)32(17)37(34,35)31-12-15(10-25)13-31)28-23-20-5-6-26-21(20)9-22(29-23)30-24-27-11-19(14-33)36-24/h5-6,9,11,15-18,26,33H,3-4,7-8,12-14H2,1-2H3,(H2,27,28,29,30)/t16?,17-,18+. The highest BCUT2D eigenvalue weighted by atomic mass is 32.2. The molecular weight excluding hydrogens is 512 g/mol. The van der Waals surface area contributed by atoms with Gasteiger partial charge in [0.2, 0.25) is 0 Å². The number of aromatic nitrogens is 3. The summed E-state index contributed by atoms with van der Waals surface area (Å²) in [5.41, 5.74) is 0.919. The molecule has 3 aromatic heterocycles. The van der Waals surface area contributed by atoms with Gasteiger partial charge in [-0.1, -0.05) is 25.2 Å². The van der Waals surface area contributed by atoms with E-state index in [0.29, 0.717) is 36.6 Å². The van der Waals surface area contributed by atoms with E-state index in [1.54, 1.807) is 10.5 Å². The molecule has 0 radical (unpaired) electrons. The first kappa shape index (κ1) is 25.9. The number of aromatic amines is 1. The Labute approximate surface area is 220 Å². The lowest BCUT2D eigenvalue weighted by Gasteiger charge is -2.48. The van der Waals surface area contributed by atoms with Crippen molar-refractivity contribution < 1.29 is 13.5 Å². The van der Waals surface area contributed by atoms with Gasteiger partial charge >= 0.3 is 0 Å². The number of H-pyrrole nitrogens is 1. The number of fused-ring (bicyclic) bond motifs is 1. The molecule has 2 aliphatic rings. The van der Waals surface area contributed by atoms with Crippen LogP contribution in [0.15, 0.2) is 24.5 Å². The topological polar surface area (TPSA) is 150 Å². The molecule has 13 heteroatoms. The zero-order valence-electron chi connectivity index (χ0n) is 20.9. The predicted octanol–water partition coefficient (Wildman–Crippen LogP) is 3.39. The Hall–Kier alpha value is -2.76. The SMILES string of the molecule is CC[C@@H]1CC(Nc2nc(Nc3ncc(CO)s3)cc3[nH]ccc23)C[C@H](CC)N1S(=O)(=O)N1CC(C#N)C1. The quantitative estimate of drug-likeness (QED) is 0.320. The van der Waals surface area contributed by atoms with Gasteiger partial charge in [-0.2, -0.15) is 22.3 Å². The molecule has 3 atom stereocenters. The van der Waals surface area contributed by atoms with Gasteiger partial charge in [-0.15, -0.1) is 0 Å². The number of rotatable bonds is 9. The lowest BCUT2D eigenvalue weighted by atomic mass is 9.91. The number of nitriles is 1. The molecule has 5 heterocycles. The molecule has 0 saturated carbocycles. The van der Waals surface area contributed by atoms with Crippen LogP contribution in [0.5, 0.6) is 0 Å². The zero-order valence-corrected chi connectivity index (χ0v) is 22.5. The lowest BCUT2D eigenvalue weighted by molar-refractivity contribution is 0.135. The fourth-order valence-corrected chi connectivity index (χ4v) is 8.17. The summed E-state index contributed by atoms with van der Waals surface area (Å²) >= 11 is 1.37. The largest absolute Gasteiger partial charge is 0.391 e. The van der Waals surface area contributed by atoms with Crippen molar-refractivity contribution in [3.63, 3.8) is 0 Å². The smallest absolute Gasteiger partial charge is 0.282 e. The number of anilines is 3. The first-order valence-corrected chi connectivity index (χ1v) is 14.8. The van der Waals surface area contributed by atoms with Crippen LogP contribution in [0.1, 0.15) is 44.4 Å². The Morgan fingerprint density at radius 3 is 2.62 bits per heavy atom. The van der Waals surface area contributed by atoms with Gasteiger partial charge in [0, 0.05) is 55.1 Å². The number of nitrogens with zero attached hydrogens (tertiary/aromatic N) is 5. The van der Waals surface area contributed by atoms with Crippen LogP contribution in [-0.4, -0.2) is 68.3 Å². The number of thiazole rings is 1. The maximum Gasteiger partial charge on any atom is 0.282 e. The van der Waals surface area contributed by atoms with Crippen molar-refractivity contribution >= 4 is 49.2 Å². The van der Waals surface area contributed by atoms with E-state index < -0.39 is 10.2 Å². The molecule has 0 aromatic carbocycles. The van der Waals surface area contributed by atoms with Crippen molar-refractivity contribution in [3.05, 3.63) is 29.4 Å². The molecule has 0 amide bonds. The molecule has 3 aromatic rings. The van der Waals surface area contributed by atoms with Crippen LogP contribution in [0, 0.1) is 17.2 Å². The highest BCUT2D eigenvalue weighted by Gasteiger charge is 2.47. The predicted molar refractivity (Wildman–Crippen MR) is 144 cm³/mol. The number of piperidine rings is 1. The second-order valence-corrected chi connectivity index (χ2v) is 12.6. The van der Waals surface area contributed by atoms with Crippen molar-refractivity contribution in [2.24, 2.45) is 5.92 Å². The van der Waals surface area contributed by atoms with Crippen molar-refractivity contribution in [2.45, 2.75) is 64.3 Å². The highest BCUT2D eigenvalue weighted by Crippen LogP contribution is 2.36. The summed E-state index contributed by atoms with van der Waals surface area (Å²) in [7, 11) is -3.62. The third kappa shape index (κ3) is 5.04. The number of aliphatic hydroxyl groups is 1. The molecule has 4 N–H and O–H groups in total. The van der Waals surface area contributed by atoms with Gasteiger partial charge in [0.1, 0.15) is 11.6 Å². The normalized spacial score (nSPS) is 23.6. The molecule has 2 saturated heterocycles. The van der Waals surface area contributed by atoms with Crippen molar-refractivity contribution in [3.8, 4) is 6.07 Å². The molecule has 0 spiro atoms. The molecule has 2 aliphatic heterocycles. The molecular formula is C24H32N8O3S2. The van der Waals surface area contributed by atoms with E-state index in [4.69, 9.17) is 10.2 Å². The van der Waals surface area contributed by atoms with Crippen LogP contribution < -0.4 is 10.6 Å². The van der Waals surface area contributed by atoms with E-state index in [1.807, 2.05) is 32.2 Å². The first-order valence-electron chi connectivity index (χ1n) is 12.6. The summed E-state index contributed by atoms with van der Waals surface area (Å²) in [4.78, 5) is 13.1. The van der Waals surface area contributed by atoms with Crippen molar-refractivity contribution in [1.82, 2.24) is 23.6 Å². The number of nitrogens with one attached hydrogen (secondary N) is 3. The van der Waals surface area contributed by atoms with Crippen LogP contribution in [0.2, 0.25) is 0 Å². The number of hydrogen-bond donors (Lipinski definition) is 4. The lowest BCUT2D eigenvalue weighted by Crippen LogP contribution is -2.62. The fraction of sp³-hybridized carbons (Fsp3) is 0.542. The molecule has 2 fully saturated rings. The maximum atomic E-state index is 13.5. The van der Waals surface area contributed by atoms with Gasteiger partial charge in [0.05, 0.1) is 29.0 Å². The Bertz CT molecular complexity index is 1380. The van der Waals surface area contributed by atoms with Crippen LogP contribution in [0.4, 0.5) is 16.8 Å². The number of aliphatic hydroxyl groups excluding tert-OH is 1. The fourth-order valence-electron chi connectivity index (χ4n) is 5.26. The number of hydrogen-bond acceptors (Lipinski definition) is 9. The highest BCUT2D eigenvalue weighted by molar-refractivity contribution is 7.86. The molecule has 11 nitrogen and oxygen atoms in total. The maximum absolute atomic E-state index is 13.5. The molecule has 198 valence electrons. The minimum absolute atomic E-state index is 0.0475. The van der Waals surface area contributed by atoms with Crippen LogP contribution in [-0.2, 0) is 16.8 Å². The van der Waals surface area contributed by atoms with E-state index in [0.717, 1.165) is 21.6 Å². The Morgan fingerprint density at radius 1 is 1.27 bits per heavy atom. The monoisotopic (exact) mass is 544 g/mol. The first-order chi connectivity index (χ1) is 17.9. The van der Waals surface area contributed by atoms with Gasteiger partial charge in [-0.25, -0.2) is 9.97 Å². The van der Waals surface area contributed by atoms with Crippen LogP contribution in [0.25, 0.3) is 10.9 Å². The van der Waals surface area contributed by atoms with Crippen LogP contribution in [0.3, 0.4) is 0 Å². The Morgan fingerprint density at radius 2 is 2.00 bits per heavy atom. The van der Waals surface area contributed by atoms with E-state index >= 15 is 0 Å². The summed E-state index contributed by atoms with van der Waals surface area (Å²) in [5, 5.41) is 26.9. The van der Waals surface area contributed by atoms with Gasteiger partial charge in [0.25, 0.3) is 10.2 Å². The molecule has 37 heavy (non-hydrogen) atoms. The van der Waals surface area contributed by atoms with Gasteiger partial charge in [0.15, 0.2) is 5.13 Å². The average molecular weight is 545 g/mol. The molecule has 0 aliphatic carbocycles. The minimum Gasteiger partial charge on any atom is -0.391 e. The number of pyridine rings is 1. The van der Waals surface area contributed by atoms with E-state index in [9.17, 15) is 13.5 Å².